The van der Waals surface area contributed by atoms with Crippen LogP contribution in [0.1, 0.15) is 5.56 Å². The summed E-state index contributed by atoms with van der Waals surface area (Å²) in [5.41, 5.74) is 2.58. The molecule has 0 unspecified atom stereocenters. The second kappa shape index (κ2) is 6.55. The highest BCUT2D eigenvalue weighted by Gasteiger charge is 2.21. The second-order valence-electron chi connectivity index (χ2n) is 5.36. The van der Waals surface area contributed by atoms with Crippen LogP contribution < -0.4 is 9.80 Å². The maximum atomic E-state index is 14.0. The number of aliphatic hydroxyl groups excluding tert-OH is 1. The van der Waals surface area contributed by atoms with Crippen molar-refractivity contribution in [1.29, 1.82) is 0 Å². The summed E-state index contributed by atoms with van der Waals surface area (Å²) in [6, 6.07) is 12.6. The van der Waals surface area contributed by atoms with Gasteiger partial charge in [0.05, 0.1) is 12.3 Å². The van der Waals surface area contributed by atoms with Crippen LogP contribution in [-0.2, 0) is 6.61 Å². The molecule has 22 heavy (non-hydrogen) atoms. The molecule has 116 valence electrons. The van der Waals surface area contributed by atoms with Gasteiger partial charge >= 0.3 is 0 Å². The van der Waals surface area contributed by atoms with Gasteiger partial charge in [-0.05, 0) is 24.3 Å². The van der Waals surface area contributed by atoms with Crippen LogP contribution in [-0.4, -0.2) is 31.3 Å². The van der Waals surface area contributed by atoms with E-state index in [1.165, 1.54) is 6.07 Å². The standard InChI is InChI=1S/C17H18ClFN2O/c18-14-5-6-17(15(19)11-14)21-9-7-20(8-10-21)16-4-2-1-3-13(16)12-22/h1-6,11,22H,7-10,12H2. The van der Waals surface area contributed by atoms with Crippen molar-refractivity contribution in [2.45, 2.75) is 6.61 Å². The van der Waals surface area contributed by atoms with E-state index in [0.717, 1.165) is 37.4 Å². The van der Waals surface area contributed by atoms with Crippen LogP contribution in [0.25, 0.3) is 0 Å². The Morgan fingerprint density at radius 3 is 2.23 bits per heavy atom. The van der Waals surface area contributed by atoms with Gasteiger partial charge in [-0.25, -0.2) is 4.39 Å². The molecule has 2 aromatic carbocycles. The normalized spacial score (nSPS) is 15.2. The molecule has 0 aliphatic carbocycles. The fourth-order valence-corrected chi connectivity index (χ4v) is 3.04. The van der Waals surface area contributed by atoms with Crippen molar-refractivity contribution in [2.75, 3.05) is 36.0 Å². The van der Waals surface area contributed by atoms with Crippen molar-refractivity contribution < 1.29 is 9.50 Å². The number of hydrogen-bond acceptors (Lipinski definition) is 3. The molecule has 0 saturated carbocycles. The average molecular weight is 321 g/mol. The zero-order valence-electron chi connectivity index (χ0n) is 12.2. The van der Waals surface area contributed by atoms with Gasteiger partial charge in [0.2, 0.25) is 0 Å². The third kappa shape index (κ3) is 3.03. The topological polar surface area (TPSA) is 26.7 Å². The highest BCUT2D eigenvalue weighted by Crippen LogP contribution is 2.26. The summed E-state index contributed by atoms with van der Waals surface area (Å²) in [6.07, 6.45) is 0. The average Bonchev–Trinajstić information content (AvgIpc) is 2.55. The van der Waals surface area contributed by atoms with Gasteiger partial charge in [-0.3, -0.25) is 0 Å². The van der Waals surface area contributed by atoms with E-state index in [1.54, 1.807) is 12.1 Å². The van der Waals surface area contributed by atoms with Crippen LogP contribution in [0.15, 0.2) is 42.5 Å². The van der Waals surface area contributed by atoms with Crippen molar-refractivity contribution in [3.8, 4) is 0 Å². The van der Waals surface area contributed by atoms with Crippen molar-refractivity contribution in [1.82, 2.24) is 0 Å². The first-order valence-corrected chi connectivity index (χ1v) is 7.70. The van der Waals surface area contributed by atoms with E-state index in [9.17, 15) is 9.50 Å². The quantitative estimate of drug-likeness (QED) is 0.940. The summed E-state index contributed by atoms with van der Waals surface area (Å²) in [5.74, 6) is -0.281. The van der Waals surface area contributed by atoms with Crippen LogP contribution in [0.3, 0.4) is 0 Å². The summed E-state index contributed by atoms with van der Waals surface area (Å²) in [4.78, 5) is 4.26. The van der Waals surface area contributed by atoms with Crippen LogP contribution in [0.2, 0.25) is 5.02 Å². The van der Waals surface area contributed by atoms with Crippen LogP contribution in [0.5, 0.6) is 0 Å². The summed E-state index contributed by atoms with van der Waals surface area (Å²) >= 11 is 5.80. The number of para-hydroxylation sites is 1. The molecule has 0 atom stereocenters. The predicted octanol–water partition coefficient (Wildman–Crippen LogP) is 3.30. The molecule has 2 aromatic rings. The van der Waals surface area contributed by atoms with Gasteiger partial charge in [0.15, 0.2) is 0 Å². The van der Waals surface area contributed by atoms with Crippen LogP contribution in [0.4, 0.5) is 15.8 Å². The maximum absolute atomic E-state index is 14.0. The Balaban J connectivity index is 1.72. The molecule has 1 saturated heterocycles. The predicted molar refractivity (Wildman–Crippen MR) is 88.2 cm³/mol. The summed E-state index contributed by atoms with van der Waals surface area (Å²) in [5, 5.41) is 9.86. The zero-order chi connectivity index (χ0) is 15.5. The van der Waals surface area contributed by atoms with Gasteiger partial charge in [0, 0.05) is 42.5 Å². The van der Waals surface area contributed by atoms with E-state index in [0.29, 0.717) is 10.7 Å². The number of benzene rings is 2. The van der Waals surface area contributed by atoms with E-state index < -0.39 is 0 Å². The van der Waals surface area contributed by atoms with E-state index in [-0.39, 0.29) is 12.4 Å². The molecule has 3 rings (SSSR count). The van der Waals surface area contributed by atoms with Gasteiger partial charge in [-0.15, -0.1) is 0 Å². The molecule has 1 aliphatic rings. The molecular formula is C17H18ClFN2O. The molecule has 1 heterocycles. The molecule has 1 N–H and O–H groups in total. The van der Waals surface area contributed by atoms with E-state index in [1.807, 2.05) is 29.2 Å². The number of anilines is 2. The van der Waals surface area contributed by atoms with Crippen molar-refractivity contribution in [2.24, 2.45) is 0 Å². The second-order valence-corrected chi connectivity index (χ2v) is 5.79. The smallest absolute Gasteiger partial charge is 0.147 e. The first-order valence-electron chi connectivity index (χ1n) is 7.33. The zero-order valence-corrected chi connectivity index (χ0v) is 12.9. The largest absolute Gasteiger partial charge is 0.392 e. The molecule has 0 radical (unpaired) electrons. The Labute approximate surface area is 134 Å². The Kier molecular flexibility index (Phi) is 4.50. The van der Waals surface area contributed by atoms with E-state index >= 15 is 0 Å². The first kappa shape index (κ1) is 15.1. The Morgan fingerprint density at radius 2 is 1.59 bits per heavy atom. The van der Waals surface area contributed by atoms with Crippen molar-refractivity contribution in [3.05, 3.63) is 58.9 Å². The lowest BCUT2D eigenvalue weighted by Gasteiger charge is -2.38. The summed E-state index contributed by atoms with van der Waals surface area (Å²) in [6.45, 7) is 3.08. The Bertz CT molecular complexity index is 657. The lowest BCUT2D eigenvalue weighted by Crippen LogP contribution is -2.47. The lowest BCUT2D eigenvalue weighted by atomic mass is 10.1. The molecular weight excluding hydrogens is 303 g/mol. The van der Waals surface area contributed by atoms with Gasteiger partial charge in [-0.1, -0.05) is 29.8 Å². The number of rotatable bonds is 3. The highest BCUT2D eigenvalue weighted by atomic mass is 35.5. The molecule has 0 amide bonds. The Hall–Kier alpha value is -1.78. The minimum absolute atomic E-state index is 0.0300. The summed E-state index contributed by atoms with van der Waals surface area (Å²) in [7, 11) is 0. The monoisotopic (exact) mass is 320 g/mol. The van der Waals surface area contributed by atoms with Crippen molar-refractivity contribution in [3.63, 3.8) is 0 Å². The fraction of sp³-hybridized carbons (Fsp3) is 0.294. The molecule has 3 nitrogen and oxygen atoms in total. The van der Waals surface area contributed by atoms with Gasteiger partial charge in [-0.2, -0.15) is 0 Å². The maximum Gasteiger partial charge on any atom is 0.147 e. The number of piperazine rings is 1. The molecule has 0 spiro atoms. The number of nitrogens with zero attached hydrogens (tertiary/aromatic N) is 2. The fourth-order valence-electron chi connectivity index (χ4n) is 2.88. The number of halogens is 2. The van der Waals surface area contributed by atoms with Crippen LogP contribution >= 0.6 is 11.6 Å². The van der Waals surface area contributed by atoms with Gasteiger partial charge in [0.25, 0.3) is 0 Å². The summed E-state index contributed by atoms with van der Waals surface area (Å²) < 4.78 is 14.0. The Morgan fingerprint density at radius 1 is 0.955 bits per heavy atom. The number of hydrogen-bond donors (Lipinski definition) is 1. The van der Waals surface area contributed by atoms with Gasteiger partial charge < -0.3 is 14.9 Å². The molecule has 0 bridgehead atoms. The number of aliphatic hydroxyl groups is 1. The third-order valence-electron chi connectivity index (χ3n) is 4.03. The van der Waals surface area contributed by atoms with Crippen LogP contribution in [0, 0.1) is 5.82 Å². The van der Waals surface area contributed by atoms with Crippen molar-refractivity contribution >= 4 is 23.0 Å². The first-order chi connectivity index (χ1) is 10.7. The molecule has 1 fully saturated rings. The molecule has 5 heteroatoms. The highest BCUT2D eigenvalue weighted by molar-refractivity contribution is 6.30. The molecule has 1 aliphatic heterocycles. The minimum Gasteiger partial charge on any atom is -0.392 e. The van der Waals surface area contributed by atoms with E-state index in [4.69, 9.17) is 11.6 Å². The van der Waals surface area contributed by atoms with Gasteiger partial charge in [0.1, 0.15) is 5.82 Å². The van der Waals surface area contributed by atoms with E-state index in [2.05, 4.69) is 4.90 Å². The SMILES string of the molecule is OCc1ccccc1N1CCN(c2ccc(Cl)cc2F)CC1. The minimum atomic E-state index is -0.281. The lowest BCUT2D eigenvalue weighted by molar-refractivity contribution is 0.282. The third-order valence-corrected chi connectivity index (χ3v) is 4.27. The molecule has 0 aromatic heterocycles.